The number of fused-ring (bicyclic) bond motifs is 1. The van der Waals surface area contributed by atoms with Gasteiger partial charge < -0.3 is 15.3 Å². The fraction of sp³-hybridized carbons (Fsp3) is 0.381. The van der Waals surface area contributed by atoms with Gasteiger partial charge in [-0.05, 0) is 28.7 Å². The molecule has 0 spiro atoms. The van der Waals surface area contributed by atoms with Crippen molar-refractivity contribution in [3.05, 3.63) is 48.0 Å². The maximum atomic E-state index is 12.9. The fourth-order valence-electron chi connectivity index (χ4n) is 3.55. The summed E-state index contributed by atoms with van der Waals surface area (Å²) < 4.78 is 0. The molecule has 6 heteroatoms. The van der Waals surface area contributed by atoms with E-state index in [0.717, 1.165) is 16.3 Å². The van der Waals surface area contributed by atoms with Crippen LogP contribution in [-0.4, -0.2) is 46.4 Å². The molecular formula is C21H24N2O4. The average Bonchev–Trinajstić information content (AvgIpc) is 2.62. The van der Waals surface area contributed by atoms with Crippen LogP contribution in [0, 0.1) is 5.92 Å². The van der Waals surface area contributed by atoms with E-state index < -0.39 is 18.1 Å². The highest BCUT2D eigenvalue weighted by molar-refractivity contribution is 5.97. The van der Waals surface area contributed by atoms with Crippen LogP contribution in [0.3, 0.4) is 0 Å². The second-order valence-electron chi connectivity index (χ2n) is 7.46. The number of carboxylic acid groups (broad SMARTS) is 1. The summed E-state index contributed by atoms with van der Waals surface area (Å²) in [6.45, 7) is 3.59. The van der Waals surface area contributed by atoms with Gasteiger partial charge in [0.2, 0.25) is 11.8 Å². The number of hydrogen-bond acceptors (Lipinski definition) is 3. The molecule has 1 saturated heterocycles. The van der Waals surface area contributed by atoms with Gasteiger partial charge in [-0.3, -0.25) is 9.59 Å². The zero-order valence-electron chi connectivity index (χ0n) is 15.5. The Kier molecular flexibility index (Phi) is 5.44. The molecule has 1 aliphatic rings. The smallest absolute Gasteiger partial charge is 0.326 e. The topological polar surface area (TPSA) is 86.7 Å². The van der Waals surface area contributed by atoms with Crippen LogP contribution in [0.15, 0.2) is 42.5 Å². The number of amides is 2. The van der Waals surface area contributed by atoms with Crippen molar-refractivity contribution in [2.45, 2.75) is 38.8 Å². The van der Waals surface area contributed by atoms with E-state index in [2.05, 4.69) is 5.32 Å². The van der Waals surface area contributed by atoms with Crippen LogP contribution in [0.5, 0.6) is 0 Å². The monoisotopic (exact) mass is 368 g/mol. The number of carboxylic acids is 1. The van der Waals surface area contributed by atoms with E-state index in [4.69, 9.17) is 0 Å². The van der Waals surface area contributed by atoms with Crippen molar-refractivity contribution in [3.8, 4) is 0 Å². The summed E-state index contributed by atoms with van der Waals surface area (Å²) in [6, 6.07) is 12.1. The molecule has 2 unspecified atom stereocenters. The van der Waals surface area contributed by atoms with Crippen LogP contribution in [-0.2, 0) is 20.8 Å². The molecule has 0 bridgehead atoms. The molecule has 2 N–H and O–H groups in total. The Bertz CT molecular complexity index is 877. The number of nitrogens with zero attached hydrogens (tertiary/aromatic N) is 1. The highest BCUT2D eigenvalue weighted by atomic mass is 16.4. The number of hydrogen-bond donors (Lipinski definition) is 2. The molecule has 0 radical (unpaired) electrons. The molecule has 2 aromatic carbocycles. The van der Waals surface area contributed by atoms with Gasteiger partial charge in [-0.25, -0.2) is 4.79 Å². The predicted molar refractivity (Wildman–Crippen MR) is 102 cm³/mol. The molecule has 2 amide bonds. The van der Waals surface area contributed by atoms with Crippen LogP contribution in [0.4, 0.5) is 0 Å². The lowest BCUT2D eigenvalue weighted by molar-refractivity contribution is -0.156. The van der Waals surface area contributed by atoms with Crippen LogP contribution in [0.2, 0.25) is 0 Å². The van der Waals surface area contributed by atoms with Crippen molar-refractivity contribution < 1.29 is 19.5 Å². The maximum Gasteiger partial charge on any atom is 0.326 e. The Morgan fingerprint density at radius 1 is 1.19 bits per heavy atom. The third-order valence-electron chi connectivity index (χ3n) is 4.84. The average molecular weight is 368 g/mol. The first-order valence-electron chi connectivity index (χ1n) is 9.15. The van der Waals surface area contributed by atoms with Crippen LogP contribution < -0.4 is 5.32 Å². The Morgan fingerprint density at radius 2 is 1.89 bits per heavy atom. The van der Waals surface area contributed by atoms with Gasteiger partial charge in [0.15, 0.2) is 0 Å². The Balaban J connectivity index is 1.82. The van der Waals surface area contributed by atoms with E-state index in [1.54, 1.807) is 0 Å². The second kappa shape index (κ2) is 7.78. The Labute approximate surface area is 158 Å². The lowest BCUT2D eigenvalue weighted by Gasteiger charge is -2.36. The molecule has 1 heterocycles. The highest BCUT2D eigenvalue weighted by Gasteiger charge is 2.39. The van der Waals surface area contributed by atoms with Gasteiger partial charge in [-0.15, -0.1) is 0 Å². The lowest BCUT2D eigenvalue weighted by atomic mass is 9.97. The normalized spacial score (nSPS) is 18.6. The van der Waals surface area contributed by atoms with Gasteiger partial charge in [-0.1, -0.05) is 56.3 Å². The molecule has 142 valence electrons. The molecule has 1 fully saturated rings. The van der Waals surface area contributed by atoms with Crippen molar-refractivity contribution in [2.24, 2.45) is 5.92 Å². The number of benzene rings is 2. The third-order valence-corrected chi connectivity index (χ3v) is 4.84. The van der Waals surface area contributed by atoms with E-state index in [1.807, 2.05) is 56.3 Å². The number of piperazine rings is 1. The standard InChI is InChI=1S/C21H24N2O4/c1-13(2)9-18(21(26)27)23-12-19(24)22-17(20(23)25)11-14-7-8-15-5-3-4-6-16(15)10-14/h3-8,10,13,17-18H,9,11-12H2,1-2H3,(H,22,24)(H,26,27). The number of carbonyl (C=O) groups excluding carboxylic acids is 2. The van der Waals surface area contributed by atoms with E-state index in [-0.39, 0.29) is 24.3 Å². The first kappa shape index (κ1) is 18.9. The molecule has 6 nitrogen and oxygen atoms in total. The van der Waals surface area contributed by atoms with Crippen molar-refractivity contribution in [1.82, 2.24) is 10.2 Å². The molecule has 2 aromatic rings. The molecule has 27 heavy (non-hydrogen) atoms. The van der Waals surface area contributed by atoms with Crippen LogP contribution in [0.1, 0.15) is 25.8 Å². The van der Waals surface area contributed by atoms with Gasteiger partial charge in [0.25, 0.3) is 0 Å². The number of aliphatic carboxylic acids is 1. The number of carbonyl (C=O) groups is 3. The van der Waals surface area contributed by atoms with Gasteiger partial charge in [0, 0.05) is 6.42 Å². The van der Waals surface area contributed by atoms with Gasteiger partial charge in [-0.2, -0.15) is 0 Å². The zero-order valence-corrected chi connectivity index (χ0v) is 15.5. The summed E-state index contributed by atoms with van der Waals surface area (Å²) in [5, 5.41) is 14.4. The van der Waals surface area contributed by atoms with E-state index >= 15 is 0 Å². The zero-order chi connectivity index (χ0) is 19.6. The van der Waals surface area contributed by atoms with E-state index in [1.165, 1.54) is 4.90 Å². The predicted octanol–water partition coefficient (Wildman–Crippen LogP) is 2.21. The van der Waals surface area contributed by atoms with Crippen LogP contribution >= 0.6 is 0 Å². The summed E-state index contributed by atoms with van der Waals surface area (Å²) in [5.41, 5.74) is 0.921. The van der Waals surface area contributed by atoms with Crippen molar-refractivity contribution in [1.29, 1.82) is 0 Å². The largest absolute Gasteiger partial charge is 0.480 e. The maximum absolute atomic E-state index is 12.9. The second-order valence-corrected chi connectivity index (χ2v) is 7.46. The first-order valence-corrected chi connectivity index (χ1v) is 9.15. The minimum atomic E-state index is -1.07. The summed E-state index contributed by atoms with van der Waals surface area (Å²) in [4.78, 5) is 37.9. The molecule has 3 rings (SSSR count). The Hall–Kier alpha value is -2.89. The highest BCUT2D eigenvalue weighted by Crippen LogP contribution is 2.20. The lowest BCUT2D eigenvalue weighted by Crippen LogP contribution is -2.62. The summed E-state index contributed by atoms with van der Waals surface area (Å²) >= 11 is 0. The number of rotatable bonds is 6. The minimum absolute atomic E-state index is 0.0998. The fourth-order valence-corrected chi connectivity index (χ4v) is 3.55. The van der Waals surface area contributed by atoms with Gasteiger partial charge in [0.05, 0.1) is 0 Å². The van der Waals surface area contributed by atoms with Crippen molar-refractivity contribution in [2.75, 3.05) is 6.54 Å². The summed E-state index contributed by atoms with van der Waals surface area (Å²) in [6.07, 6.45) is 0.650. The minimum Gasteiger partial charge on any atom is -0.480 e. The summed E-state index contributed by atoms with van der Waals surface area (Å²) in [5.74, 6) is -1.63. The van der Waals surface area contributed by atoms with Crippen molar-refractivity contribution in [3.63, 3.8) is 0 Å². The third kappa shape index (κ3) is 4.27. The summed E-state index contributed by atoms with van der Waals surface area (Å²) in [7, 11) is 0. The first-order chi connectivity index (χ1) is 12.8. The van der Waals surface area contributed by atoms with E-state index in [0.29, 0.717) is 12.8 Å². The quantitative estimate of drug-likeness (QED) is 0.818. The van der Waals surface area contributed by atoms with Gasteiger partial charge in [0.1, 0.15) is 18.6 Å². The SMILES string of the molecule is CC(C)CC(C(=O)O)N1CC(=O)NC(Cc2ccc3ccccc3c2)C1=O. The molecular weight excluding hydrogens is 344 g/mol. The number of nitrogens with one attached hydrogen (secondary N) is 1. The molecule has 0 aromatic heterocycles. The van der Waals surface area contributed by atoms with E-state index in [9.17, 15) is 19.5 Å². The van der Waals surface area contributed by atoms with Crippen molar-refractivity contribution >= 4 is 28.6 Å². The molecule has 2 atom stereocenters. The van der Waals surface area contributed by atoms with Gasteiger partial charge >= 0.3 is 5.97 Å². The molecule has 0 saturated carbocycles. The molecule has 1 aliphatic heterocycles. The Morgan fingerprint density at radius 3 is 2.56 bits per heavy atom. The molecule has 0 aliphatic carbocycles. The van der Waals surface area contributed by atoms with Crippen LogP contribution in [0.25, 0.3) is 10.8 Å².